The molecule has 1 fully saturated rings. The van der Waals surface area contributed by atoms with Crippen LogP contribution in [0.15, 0.2) is 18.2 Å². The largest absolute Gasteiger partial charge is 0.416 e. The molecule has 1 aromatic heterocycles. The van der Waals surface area contributed by atoms with E-state index in [2.05, 4.69) is 20.6 Å². The molecule has 2 heterocycles. The first-order chi connectivity index (χ1) is 9.93. The normalized spacial score (nSPS) is 19.1. The van der Waals surface area contributed by atoms with Crippen molar-refractivity contribution >= 4 is 22.9 Å². The van der Waals surface area contributed by atoms with Crippen LogP contribution in [0.4, 0.5) is 19.1 Å². The van der Waals surface area contributed by atoms with Crippen molar-refractivity contribution in [3.63, 3.8) is 0 Å². The molecule has 5 nitrogen and oxygen atoms in total. The van der Waals surface area contributed by atoms with Gasteiger partial charge in [0.25, 0.3) is 0 Å². The number of rotatable bonds is 2. The summed E-state index contributed by atoms with van der Waals surface area (Å²) in [4.78, 5) is 18.7. The van der Waals surface area contributed by atoms with Gasteiger partial charge in [0.1, 0.15) is 0 Å². The minimum Gasteiger partial charge on any atom is -0.324 e. The molecule has 8 heteroatoms. The highest BCUT2D eigenvalue weighted by Crippen LogP contribution is 2.31. The fourth-order valence-electron chi connectivity index (χ4n) is 2.36. The summed E-state index contributed by atoms with van der Waals surface area (Å²) >= 11 is 0. The van der Waals surface area contributed by atoms with Crippen molar-refractivity contribution in [2.75, 3.05) is 11.9 Å². The number of halogens is 3. The number of imidazole rings is 1. The van der Waals surface area contributed by atoms with Crippen molar-refractivity contribution in [2.45, 2.75) is 25.1 Å². The molecule has 0 radical (unpaired) electrons. The number of hydrogen-bond acceptors (Lipinski definition) is 3. The number of amides is 1. The Morgan fingerprint density at radius 3 is 2.86 bits per heavy atom. The van der Waals surface area contributed by atoms with Gasteiger partial charge >= 0.3 is 6.18 Å². The lowest BCUT2D eigenvalue weighted by atomic mass is 10.2. The summed E-state index contributed by atoms with van der Waals surface area (Å²) in [6, 6.07) is 2.95. The number of anilines is 1. The number of benzene rings is 1. The third-order valence-electron chi connectivity index (χ3n) is 3.43. The van der Waals surface area contributed by atoms with E-state index in [1.54, 1.807) is 0 Å². The molecule has 1 aliphatic heterocycles. The van der Waals surface area contributed by atoms with E-state index in [0.717, 1.165) is 31.5 Å². The predicted molar refractivity (Wildman–Crippen MR) is 70.8 cm³/mol. The second-order valence-electron chi connectivity index (χ2n) is 4.95. The Bertz CT molecular complexity index is 674. The minimum atomic E-state index is -4.41. The second-order valence-corrected chi connectivity index (χ2v) is 4.95. The zero-order valence-electron chi connectivity index (χ0n) is 10.9. The van der Waals surface area contributed by atoms with E-state index in [1.165, 1.54) is 6.07 Å². The maximum absolute atomic E-state index is 12.6. The van der Waals surface area contributed by atoms with Crippen molar-refractivity contribution in [1.82, 2.24) is 15.3 Å². The molecule has 0 bridgehead atoms. The number of nitrogens with zero attached hydrogens (tertiary/aromatic N) is 1. The van der Waals surface area contributed by atoms with Crippen LogP contribution in [0.3, 0.4) is 0 Å². The minimum absolute atomic E-state index is 0.156. The lowest BCUT2D eigenvalue weighted by Gasteiger charge is -2.08. The van der Waals surface area contributed by atoms with Gasteiger partial charge in [0.2, 0.25) is 11.9 Å². The van der Waals surface area contributed by atoms with Gasteiger partial charge in [0.05, 0.1) is 22.6 Å². The summed E-state index contributed by atoms with van der Waals surface area (Å²) < 4.78 is 37.9. The number of nitrogens with one attached hydrogen (secondary N) is 3. The Kier molecular flexibility index (Phi) is 3.32. The van der Waals surface area contributed by atoms with Crippen LogP contribution < -0.4 is 10.6 Å². The number of carbonyl (C=O) groups is 1. The van der Waals surface area contributed by atoms with Gasteiger partial charge in [-0.2, -0.15) is 13.2 Å². The quantitative estimate of drug-likeness (QED) is 0.796. The first kappa shape index (κ1) is 13.9. The van der Waals surface area contributed by atoms with E-state index in [9.17, 15) is 18.0 Å². The van der Waals surface area contributed by atoms with E-state index >= 15 is 0 Å². The molecule has 1 atom stereocenters. The number of H-pyrrole nitrogens is 1. The van der Waals surface area contributed by atoms with Gasteiger partial charge in [-0.15, -0.1) is 0 Å². The Labute approximate surface area is 117 Å². The summed E-state index contributed by atoms with van der Waals surface area (Å²) in [5.74, 6) is -0.0781. The highest BCUT2D eigenvalue weighted by molar-refractivity contribution is 5.95. The highest BCUT2D eigenvalue weighted by atomic mass is 19.4. The van der Waals surface area contributed by atoms with Crippen LogP contribution in [0.25, 0.3) is 11.0 Å². The van der Waals surface area contributed by atoms with Crippen molar-refractivity contribution in [2.24, 2.45) is 0 Å². The predicted octanol–water partition coefficient (Wildman–Crippen LogP) is 2.27. The smallest absolute Gasteiger partial charge is 0.324 e. The fourth-order valence-corrected chi connectivity index (χ4v) is 2.36. The lowest BCUT2D eigenvalue weighted by molar-refractivity contribution is -0.137. The maximum Gasteiger partial charge on any atom is 0.416 e. The Morgan fingerprint density at radius 2 is 2.19 bits per heavy atom. The van der Waals surface area contributed by atoms with Gasteiger partial charge < -0.3 is 10.3 Å². The summed E-state index contributed by atoms with van der Waals surface area (Å²) in [5.41, 5.74) is -0.147. The molecule has 0 aliphatic carbocycles. The molecule has 112 valence electrons. The van der Waals surface area contributed by atoms with Crippen LogP contribution in [0.1, 0.15) is 18.4 Å². The first-order valence-corrected chi connectivity index (χ1v) is 6.55. The molecule has 1 aliphatic rings. The Hall–Kier alpha value is -2.09. The third-order valence-corrected chi connectivity index (χ3v) is 3.43. The van der Waals surface area contributed by atoms with Crippen LogP contribution in [-0.4, -0.2) is 28.5 Å². The SMILES string of the molecule is O=C(Nc1nc2ccc(C(F)(F)F)cc2[nH]1)C1CCCN1. The average molecular weight is 298 g/mol. The summed E-state index contributed by atoms with van der Waals surface area (Å²) in [6.07, 6.45) is -2.74. The van der Waals surface area contributed by atoms with Gasteiger partial charge in [-0.3, -0.25) is 10.1 Å². The number of alkyl halides is 3. The van der Waals surface area contributed by atoms with E-state index in [-0.39, 0.29) is 23.4 Å². The molecule has 3 rings (SSSR count). The average Bonchev–Trinajstić information content (AvgIpc) is 3.05. The molecule has 1 saturated heterocycles. The number of aromatic amines is 1. The molecule has 2 aromatic rings. The van der Waals surface area contributed by atoms with Crippen LogP contribution in [0, 0.1) is 0 Å². The van der Waals surface area contributed by atoms with Crippen molar-refractivity contribution in [1.29, 1.82) is 0 Å². The zero-order valence-corrected chi connectivity index (χ0v) is 10.9. The van der Waals surface area contributed by atoms with Crippen molar-refractivity contribution in [3.8, 4) is 0 Å². The molecule has 21 heavy (non-hydrogen) atoms. The molecule has 0 saturated carbocycles. The summed E-state index contributed by atoms with van der Waals surface area (Å²) in [5, 5.41) is 5.62. The molecule has 0 spiro atoms. The zero-order chi connectivity index (χ0) is 15.0. The number of carbonyl (C=O) groups excluding carboxylic acids is 1. The number of aromatic nitrogens is 2. The molecule has 3 N–H and O–H groups in total. The van der Waals surface area contributed by atoms with Crippen molar-refractivity contribution in [3.05, 3.63) is 23.8 Å². The maximum atomic E-state index is 12.6. The van der Waals surface area contributed by atoms with Crippen LogP contribution >= 0.6 is 0 Å². The van der Waals surface area contributed by atoms with Gasteiger partial charge in [-0.25, -0.2) is 4.98 Å². The first-order valence-electron chi connectivity index (χ1n) is 6.55. The van der Waals surface area contributed by atoms with Crippen LogP contribution in [-0.2, 0) is 11.0 Å². The van der Waals surface area contributed by atoms with E-state index in [4.69, 9.17) is 0 Å². The topological polar surface area (TPSA) is 69.8 Å². The highest BCUT2D eigenvalue weighted by Gasteiger charge is 2.31. The molecule has 1 aromatic carbocycles. The third kappa shape index (κ3) is 2.85. The standard InChI is InChI=1S/C13H13F3N4O/c14-13(15,16)7-3-4-8-10(6-7)19-12(18-8)20-11(21)9-2-1-5-17-9/h3-4,6,9,17H,1-2,5H2,(H2,18,19,20,21). The van der Waals surface area contributed by atoms with E-state index in [1.807, 2.05) is 0 Å². The van der Waals surface area contributed by atoms with Crippen LogP contribution in [0.5, 0.6) is 0 Å². The second kappa shape index (κ2) is 5.03. The van der Waals surface area contributed by atoms with Crippen LogP contribution in [0.2, 0.25) is 0 Å². The van der Waals surface area contributed by atoms with Gasteiger partial charge in [0, 0.05) is 0 Å². The number of fused-ring (bicyclic) bond motifs is 1. The Balaban J connectivity index is 1.82. The Morgan fingerprint density at radius 1 is 1.38 bits per heavy atom. The summed E-state index contributed by atoms with van der Waals surface area (Å²) in [6.45, 7) is 0.785. The fraction of sp³-hybridized carbons (Fsp3) is 0.385. The monoisotopic (exact) mass is 298 g/mol. The summed E-state index contributed by atoms with van der Waals surface area (Å²) in [7, 11) is 0. The molecule has 1 unspecified atom stereocenters. The van der Waals surface area contributed by atoms with E-state index < -0.39 is 11.7 Å². The van der Waals surface area contributed by atoms with Gasteiger partial charge in [0.15, 0.2) is 0 Å². The molecular formula is C13H13F3N4O. The molecular weight excluding hydrogens is 285 g/mol. The lowest BCUT2D eigenvalue weighted by Crippen LogP contribution is -2.35. The molecule has 1 amide bonds. The van der Waals surface area contributed by atoms with Gasteiger partial charge in [-0.1, -0.05) is 0 Å². The van der Waals surface area contributed by atoms with Gasteiger partial charge in [-0.05, 0) is 37.6 Å². The van der Waals surface area contributed by atoms with E-state index in [0.29, 0.717) is 5.52 Å². The van der Waals surface area contributed by atoms with Crippen molar-refractivity contribution < 1.29 is 18.0 Å². The number of hydrogen-bond donors (Lipinski definition) is 3.